The first kappa shape index (κ1) is 20.9. The maximum Gasteiger partial charge on any atom is 0.439 e. The van der Waals surface area contributed by atoms with Crippen LogP contribution in [-0.2, 0) is 6.54 Å². The quantitative estimate of drug-likeness (QED) is 0.544. The van der Waals surface area contributed by atoms with Crippen LogP contribution in [-0.4, -0.2) is 35.7 Å². The molecule has 0 bridgehead atoms. The Labute approximate surface area is 192 Å². The Morgan fingerprint density at radius 3 is 2.52 bits per heavy atom. The van der Waals surface area contributed by atoms with E-state index in [-0.39, 0.29) is 5.82 Å². The van der Waals surface area contributed by atoms with Gasteiger partial charge in [-0.05, 0) is 63.2 Å². The number of rotatable bonds is 7. The minimum Gasteiger partial charge on any atom is -0.365 e. The van der Waals surface area contributed by atoms with Gasteiger partial charge in [-0.25, -0.2) is 19.7 Å². The Morgan fingerprint density at radius 1 is 1.09 bits per heavy atom. The predicted octanol–water partition coefficient (Wildman–Crippen LogP) is 4.47. The molecule has 3 fully saturated rings. The van der Waals surface area contributed by atoms with Crippen molar-refractivity contribution < 1.29 is 4.52 Å². The van der Waals surface area contributed by atoms with Crippen molar-refractivity contribution in [1.29, 1.82) is 0 Å². The highest BCUT2D eigenvalue weighted by molar-refractivity contribution is 5.86. The summed E-state index contributed by atoms with van der Waals surface area (Å²) < 4.78 is 7.13. The summed E-state index contributed by atoms with van der Waals surface area (Å²) in [5, 5.41) is 7.52. The Kier molecular flexibility index (Phi) is 5.22. The summed E-state index contributed by atoms with van der Waals surface area (Å²) in [5.41, 5.74) is 1.68. The van der Waals surface area contributed by atoms with Crippen molar-refractivity contribution in [3.63, 3.8) is 0 Å². The third-order valence-electron chi connectivity index (χ3n) is 8.02. The molecule has 3 aliphatic carbocycles. The monoisotopic (exact) mass is 451 g/mol. The molecule has 0 amide bonds. The second-order valence-corrected chi connectivity index (χ2v) is 10.6. The lowest BCUT2D eigenvalue weighted by atomic mass is 9.80. The number of fused-ring (bicyclic) bond motifs is 1. The van der Waals surface area contributed by atoms with Crippen LogP contribution in [0.4, 0.5) is 5.82 Å². The van der Waals surface area contributed by atoms with Gasteiger partial charge in [-0.1, -0.05) is 31.3 Å². The summed E-state index contributed by atoms with van der Waals surface area (Å²) in [6, 6.07) is 0.310. The molecule has 0 radical (unpaired) electrons. The Hall–Kier alpha value is -2.71. The van der Waals surface area contributed by atoms with E-state index >= 15 is 0 Å². The lowest BCUT2D eigenvalue weighted by Gasteiger charge is -2.32. The number of nitrogens with one attached hydrogen (secondary N) is 2. The second-order valence-electron chi connectivity index (χ2n) is 10.6. The van der Waals surface area contributed by atoms with Crippen LogP contribution in [0.2, 0.25) is 0 Å². The molecule has 0 aliphatic heterocycles. The topological polar surface area (TPSA) is 115 Å². The largest absolute Gasteiger partial charge is 0.439 e. The first-order valence-corrected chi connectivity index (χ1v) is 12.7. The highest BCUT2D eigenvalue weighted by Gasteiger charge is 2.33. The average molecular weight is 452 g/mol. The zero-order valence-corrected chi connectivity index (χ0v) is 19.5. The molecular formula is C24H33N7O2. The number of imidazole rings is 1. The SMILES string of the molecule is CC1CCC(Cn2c(C3CC3)nc3nc(-c4noc(=O)[nH]4)nc(N[C@H](C)C4CCC4)c32)CC1. The molecule has 3 aromatic heterocycles. The fourth-order valence-corrected chi connectivity index (χ4v) is 5.47. The zero-order chi connectivity index (χ0) is 22.5. The number of H-pyrrole nitrogens is 1. The van der Waals surface area contributed by atoms with Crippen LogP contribution in [0, 0.1) is 17.8 Å². The van der Waals surface area contributed by atoms with E-state index in [4.69, 9.17) is 19.5 Å². The van der Waals surface area contributed by atoms with Crippen molar-refractivity contribution in [2.24, 2.45) is 17.8 Å². The van der Waals surface area contributed by atoms with E-state index in [2.05, 4.69) is 33.9 Å². The smallest absolute Gasteiger partial charge is 0.365 e. The number of nitrogens with zero attached hydrogens (tertiary/aromatic N) is 5. The van der Waals surface area contributed by atoms with E-state index in [9.17, 15) is 4.79 Å². The number of anilines is 1. The van der Waals surface area contributed by atoms with Crippen LogP contribution in [0.5, 0.6) is 0 Å². The molecule has 176 valence electrons. The molecule has 3 heterocycles. The Bertz CT molecular complexity index is 1200. The van der Waals surface area contributed by atoms with Gasteiger partial charge in [-0.2, -0.15) is 0 Å². The molecule has 0 aromatic carbocycles. The van der Waals surface area contributed by atoms with Crippen LogP contribution in [0.3, 0.4) is 0 Å². The first-order chi connectivity index (χ1) is 16.0. The van der Waals surface area contributed by atoms with Crippen LogP contribution in [0.15, 0.2) is 9.32 Å². The third kappa shape index (κ3) is 4.06. The third-order valence-corrected chi connectivity index (χ3v) is 8.02. The van der Waals surface area contributed by atoms with Gasteiger partial charge in [0.15, 0.2) is 11.5 Å². The lowest BCUT2D eigenvalue weighted by Crippen LogP contribution is -2.31. The van der Waals surface area contributed by atoms with Crippen molar-refractivity contribution in [2.45, 2.75) is 90.1 Å². The molecule has 0 unspecified atom stereocenters. The van der Waals surface area contributed by atoms with Crippen molar-refractivity contribution in [1.82, 2.24) is 29.7 Å². The zero-order valence-electron chi connectivity index (χ0n) is 19.5. The summed E-state index contributed by atoms with van der Waals surface area (Å²) in [6.07, 6.45) is 11.3. The van der Waals surface area contributed by atoms with Gasteiger partial charge in [0.05, 0.1) is 0 Å². The Balaban J connectivity index is 1.44. The van der Waals surface area contributed by atoms with Crippen molar-refractivity contribution in [3.05, 3.63) is 16.4 Å². The lowest BCUT2D eigenvalue weighted by molar-refractivity contribution is 0.264. The number of hydrogen-bond acceptors (Lipinski definition) is 7. The van der Waals surface area contributed by atoms with E-state index in [1.54, 1.807) is 0 Å². The molecular weight excluding hydrogens is 418 g/mol. The molecule has 2 N–H and O–H groups in total. The molecule has 6 rings (SSSR count). The summed E-state index contributed by atoms with van der Waals surface area (Å²) in [5.74, 6) is 4.57. The van der Waals surface area contributed by atoms with Gasteiger partial charge in [0.2, 0.25) is 11.6 Å². The Morgan fingerprint density at radius 2 is 1.88 bits per heavy atom. The van der Waals surface area contributed by atoms with E-state index in [1.165, 1.54) is 57.8 Å². The van der Waals surface area contributed by atoms with Gasteiger partial charge in [-0.3, -0.25) is 9.51 Å². The second kappa shape index (κ2) is 8.25. The molecule has 9 heteroatoms. The fourth-order valence-electron chi connectivity index (χ4n) is 5.47. The molecule has 9 nitrogen and oxygen atoms in total. The minimum atomic E-state index is -0.609. The van der Waals surface area contributed by atoms with Crippen molar-refractivity contribution in [3.8, 4) is 11.6 Å². The number of aromatic nitrogens is 6. The summed E-state index contributed by atoms with van der Waals surface area (Å²) in [7, 11) is 0. The van der Waals surface area contributed by atoms with Gasteiger partial charge >= 0.3 is 5.76 Å². The molecule has 1 atom stereocenters. The predicted molar refractivity (Wildman–Crippen MR) is 125 cm³/mol. The van der Waals surface area contributed by atoms with Gasteiger partial charge in [0, 0.05) is 18.5 Å². The molecule has 3 aromatic rings. The van der Waals surface area contributed by atoms with Crippen molar-refractivity contribution >= 4 is 17.0 Å². The van der Waals surface area contributed by atoms with Crippen LogP contribution >= 0.6 is 0 Å². The molecule has 3 saturated carbocycles. The summed E-state index contributed by atoms with van der Waals surface area (Å²) in [6.45, 7) is 5.58. The molecule has 0 saturated heterocycles. The maximum atomic E-state index is 11.6. The highest BCUT2D eigenvalue weighted by atomic mass is 16.5. The number of hydrogen-bond donors (Lipinski definition) is 2. The molecule has 0 spiro atoms. The highest BCUT2D eigenvalue weighted by Crippen LogP contribution is 2.43. The molecule has 33 heavy (non-hydrogen) atoms. The minimum absolute atomic E-state index is 0.241. The van der Waals surface area contributed by atoms with E-state index in [0.717, 1.165) is 29.6 Å². The standard InChI is InChI=1S/C24H33N7O2/c1-13-6-8-15(9-7-13)12-31-18-19(25-14(2)16-4-3-5-16)26-21(22-29-24(32)33-30-22)27-20(18)28-23(31)17-10-11-17/h13-17H,3-12H2,1-2H3,(H,25,26,27)(H,29,30,32)/t13?,14-,15?/m1/s1. The maximum absolute atomic E-state index is 11.6. The van der Waals surface area contributed by atoms with Gasteiger partial charge in [0.1, 0.15) is 11.3 Å². The normalized spacial score (nSPS) is 24.7. The van der Waals surface area contributed by atoms with Gasteiger partial charge in [-0.15, -0.1) is 0 Å². The van der Waals surface area contributed by atoms with Crippen LogP contribution in [0.25, 0.3) is 22.8 Å². The average Bonchev–Trinajstić information content (AvgIpc) is 3.40. The van der Waals surface area contributed by atoms with Crippen LogP contribution < -0.4 is 11.1 Å². The van der Waals surface area contributed by atoms with Gasteiger partial charge in [0.25, 0.3) is 0 Å². The number of aromatic amines is 1. The summed E-state index contributed by atoms with van der Waals surface area (Å²) >= 11 is 0. The fraction of sp³-hybridized carbons (Fsp3) is 0.708. The summed E-state index contributed by atoms with van der Waals surface area (Å²) in [4.78, 5) is 28.7. The molecule has 3 aliphatic rings. The van der Waals surface area contributed by atoms with Crippen molar-refractivity contribution in [2.75, 3.05) is 5.32 Å². The van der Waals surface area contributed by atoms with E-state index < -0.39 is 5.76 Å². The van der Waals surface area contributed by atoms with Crippen LogP contribution in [0.1, 0.15) is 83.4 Å². The van der Waals surface area contributed by atoms with Gasteiger partial charge < -0.3 is 9.88 Å². The first-order valence-electron chi connectivity index (χ1n) is 12.7. The van der Waals surface area contributed by atoms with E-state index in [1.807, 2.05) is 0 Å². The van der Waals surface area contributed by atoms with E-state index in [0.29, 0.717) is 35.3 Å².